The minimum Gasteiger partial charge on any atom is -0.317 e. The zero-order chi connectivity index (χ0) is 38.8. The molecule has 0 spiro atoms. The molecule has 0 bridgehead atoms. The Kier molecular flexibility index (Phi) is 49.3. The first-order valence-corrected chi connectivity index (χ1v) is 21.4. The third-order valence-corrected chi connectivity index (χ3v) is 9.10. The summed E-state index contributed by atoms with van der Waals surface area (Å²) in [4.78, 5) is 2.48. The molecule has 0 aliphatic heterocycles. The molecule has 0 atom stereocenters. The molecule has 1 N–H and O–H groups in total. The Morgan fingerprint density at radius 1 is 0.278 bits per heavy atom. The normalized spacial score (nSPS) is 12.0. The summed E-state index contributed by atoms with van der Waals surface area (Å²) in [6.45, 7) is 46.9. The highest BCUT2D eigenvalue weighted by Gasteiger charge is 2.13. The van der Waals surface area contributed by atoms with Gasteiger partial charge < -0.3 is 10.2 Å². The maximum absolute atomic E-state index is 3.57. The van der Waals surface area contributed by atoms with Gasteiger partial charge in [0.05, 0.1) is 0 Å². The second-order valence-electron chi connectivity index (χ2n) is 23.2. The maximum atomic E-state index is 3.57. The van der Waals surface area contributed by atoms with E-state index in [-0.39, 0.29) is 37.1 Å². The van der Waals surface area contributed by atoms with Gasteiger partial charge in [0.25, 0.3) is 0 Å². The van der Waals surface area contributed by atoms with E-state index in [2.05, 4.69) is 142 Å². The second kappa shape index (κ2) is 37.2. The van der Waals surface area contributed by atoms with Crippen molar-refractivity contribution in [2.45, 2.75) is 277 Å². The molecule has 0 unspecified atom stereocenters. The van der Waals surface area contributed by atoms with Crippen molar-refractivity contribution in [2.24, 2.45) is 32.5 Å². The highest BCUT2D eigenvalue weighted by atomic mass is 15.1. The van der Waals surface area contributed by atoms with Crippen molar-refractivity contribution in [2.75, 3.05) is 33.2 Å². The van der Waals surface area contributed by atoms with E-state index in [4.69, 9.17) is 0 Å². The first kappa shape index (κ1) is 71.6. The third-order valence-electron chi connectivity index (χ3n) is 9.10. The molecule has 0 aromatic rings. The van der Waals surface area contributed by atoms with Crippen LogP contribution in [0, 0.1) is 32.5 Å². The summed E-state index contributed by atoms with van der Waals surface area (Å²) in [7, 11) is 2.26. The molecular weight excluding hydrogens is 653 g/mol. The number of hydrogen-bond acceptors (Lipinski definition) is 2. The van der Waals surface area contributed by atoms with Crippen LogP contribution in [-0.2, 0) is 0 Å². The van der Waals surface area contributed by atoms with Crippen molar-refractivity contribution >= 4 is 0 Å². The average molecular weight is 776 g/mol. The topological polar surface area (TPSA) is 15.3 Å². The van der Waals surface area contributed by atoms with Gasteiger partial charge in [-0.3, -0.25) is 0 Å². The molecule has 0 aromatic carbocycles. The van der Waals surface area contributed by atoms with Crippen molar-refractivity contribution in [3.05, 3.63) is 0 Å². The molecule has 54 heavy (non-hydrogen) atoms. The lowest BCUT2D eigenvalue weighted by atomic mass is 9.88. The fourth-order valence-corrected chi connectivity index (χ4v) is 5.84. The molecular formula is C52H122N2. The fraction of sp³-hybridized carbons (Fsp3) is 1.00. The fourth-order valence-electron chi connectivity index (χ4n) is 5.84. The predicted molar refractivity (Wildman–Crippen MR) is 264 cm³/mol. The van der Waals surface area contributed by atoms with Crippen LogP contribution >= 0.6 is 0 Å². The summed E-state index contributed by atoms with van der Waals surface area (Å²) >= 11 is 0. The largest absolute Gasteiger partial charge is 0.317 e. The summed E-state index contributed by atoms with van der Waals surface area (Å²) in [5.74, 6) is 0. The molecule has 0 heterocycles. The van der Waals surface area contributed by atoms with E-state index in [1.165, 1.54) is 142 Å². The van der Waals surface area contributed by atoms with E-state index in [0.717, 1.165) is 0 Å². The Morgan fingerprint density at radius 3 is 0.759 bits per heavy atom. The van der Waals surface area contributed by atoms with Crippen LogP contribution in [0.5, 0.6) is 0 Å². The molecule has 0 aliphatic carbocycles. The monoisotopic (exact) mass is 775 g/mol. The molecule has 0 radical (unpaired) electrons. The van der Waals surface area contributed by atoms with Crippen molar-refractivity contribution in [1.82, 2.24) is 10.2 Å². The summed E-state index contributed by atoms with van der Waals surface area (Å²) in [6, 6.07) is 0. The average Bonchev–Trinajstić information content (AvgIpc) is 2.86. The first-order valence-electron chi connectivity index (χ1n) is 21.4. The first-order chi connectivity index (χ1) is 22.0. The Bertz CT molecular complexity index is 634. The van der Waals surface area contributed by atoms with Gasteiger partial charge in [-0.05, 0) is 130 Å². The summed E-state index contributed by atoms with van der Waals surface area (Å²) in [5.41, 5.74) is 3.06. The molecule has 0 fully saturated rings. The minimum atomic E-state index is 0. The van der Waals surface area contributed by atoms with E-state index in [9.17, 15) is 0 Å². The van der Waals surface area contributed by atoms with E-state index in [1.54, 1.807) is 0 Å². The van der Waals surface area contributed by atoms with E-state index in [0.29, 0.717) is 32.5 Å². The third kappa shape index (κ3) is 80.4. The zero-order valence-electron chi connectivity index (χ0n) is 38.5. The molecule has 0 saturated carbocycles. The van der Waals surface area contributed by atoms with Gasteiger partial charge in [-0.2, -0.15) is 0 Å². The van der Waals surface area contributed by atoms with E-state index >= 15 is 0 Å². The van der Waals surface area contributed by atoms with Gasteiger partial charge >= 0.3 is 0 Å². The van der Waals surface area contributed by atoms with Gasteiger partial charge in [0.2, 0.25) is 0 Å². The Labute approximate surface area is 352 Å². The summed E-state index contributed by atoms with van der Waals surface area (Å²) in [5, 5.41) is 3.57. The SMILES string of the molecule is C.C.C.C.C.CC(C)(C)CCCCCCCC(C)(C)C.CC(C)(C)CCCCCCNCCCC(C)(C)C.CN(CCCC(C)(C)C)CCCC(C)(C)C. The van der Waals surface area contributed by atoms with Crippen molar-refractivity contribution < 1.29 is 0 Å². The molecule has 0 aliphatic rings. The number of unbranched alkanes of at least 4 members (excludes halogenated alkanes) is 7. The maximum Gasteiger partial charge on any atom is -0.00216 e. The molecule has 0 rings (SSSR count). The van der Waals surface area contributed by atoms with Crippen molar-refractivity contribution in [3.8, 4) is 0 Å². The van der Waals surface area contributed by atoms with Crippen LogP contribution in [0.15, 0.2) is 0 Å². The van der Waals surface area contributed by atoms with Crippen LogP contribution in [0.2, 0.25) is 0 Å². The van der Waals surface area contributed by atoms with Crippen LogP contribution in [0.25, 0.3) is 0 Å². The van der Waals surface area contributed by atoms with Crippen LogP contribution < -0.4 is 5.32 Å². The predicted octanol–water partition coefficient (Wildman–Crippen LogP) is 19.0. The second-order valence-corrected chi connectivity index (χ2v) is 23.2. The lowest BCUT2D eigenvalue weighted by Crippen LogP contribution is -2.23. The lowest BCUT2D eigenvalue weighted by molar-refractivity contribution is 0.265. The van der Waals surface area contributed by atoms with Gasteiger partial charge in [0, 0.05) is 0 Å². The van der Waals surface area contributed by atoms with Crippen molar-refractivity contribution in [3.63, 3.8) is 0 Å². The van der Waals surface area contributed by atoms with Crippen molar-refractivity contribution in [1.29, 1.82) is 0 Å². The van der Waals surface area contributed by atoms with Crippen LogP contribution in [0.4, 0.5) is 0 Å². The van der Waals surface area contributed by atoms with Crippen LogP contribution in [-0.4, -0.2) is 38.1 Å². The number of nitrogens with zero attached hydrogens (tertiary/aromatic N) is 1. The quantitative estimate of drug-likeness (QED) is 0.117. The van der Waals surface area contributed by atoms with Gasteiger partial charge in [-0.1, -0.05) is 213 Å². The van der Waals surface area contributed by atoms with Gasteiger partial charge in [0.1, 0.15) is 0 Å². The molecule has 0 amide bonds. The Morgan fingerprint density at radius 2 is 0.481 bits per heavy atom. The zero-order valence-corrected chi connectivity index (χ0v) is 38.5. The molecule has 0 saturated heterocycles. The Balaban J connectivity index is -0.0000000940. The highest BCUT2D eigenvalue weighted by Crippen LogP contribution is 2.26. The summed E-state index contributed by atoms with van der Waals surface area (Å²) in [6.07, 6.45) is 24.8. The minimum absolute atomic E-state index is 0. The molecule has 2 nitrogen and oxygen atoms in total. The van der Waals surface area contributed by atoms with Gasteiger partial charge in [0.15, 0.2) is 0 Å². The highest BCUT2D eigenvalue weighted by molar-refractivity contribution is 4.67. The number of hydrogen-bond donors (Lipinski definition) is 1. The summed E-state index contributed by atoms with van der Waals surface area (Å²) < 4.78 is 0. The van der Waals surface area contributed by atoms with E-state index < -0.39 is 0 Å². The lowest BCUT2D eigenvalue weighted by Gasteiger charge is -2.23. The molecule has 340 valence electrons. The number of nitrogens with one attached hydrogen (secondary N) is 1. The number of rotatable bonds is 21. The standard InChI is InChI=1S/C17H37N.C15H33N.C15H32.5CH4/c1-16(2,3)12-9-7-8-10-14-18-15-11-13-17(4,5)6;1-14(2,3)10-8-12-16(7)13-9-11-15(4,5)6;1-14(2,3)12-10-8-7-9-11-13-15(4,5)6;;;;;/h18H,7-15H2,1-6H3;8-13H2,1-7H3;7-13H2,1-6H3;5*1H4. The van der Waals surface area contributed by atoms with Crippen LogP contribution in [0.3, 0.4) is 0 Å². The van der Waals surface area contributed by atoms with Gasteiger partial charge in [-0.15, -0.1) is 0 Å². The smallest absolute Gasteiger partial charge is 0.00216 e. The Hall–Kier alpha value is -0.0800. The van der Waals surface area contributed by atoms with E-state index in [1.807, 2.05) is 0 Å². The molecule has 2 heteroatoms. The molecule has 0 aromatic heterocycles. The van der Waals surface area contributed by atoms with Crippen LogP contribution in [0.1, 0.15) is 277 Å². The van der Waals surface area contributed by atoms with Gasteiger partial charge in [-0.25, -0.2) is 0 Å².